The molecule has 152 valence electrons. The number of rotatable bonds is 6. The van der Waals surface area contributed by atoms with Gasteiger partial charge in [-0.2, -0.15) is 0 Å². The molecule has 2 atom stereocenters. The molecule has 0 aliphatic carbocycles. The van der Waals surface area contributed by atoms with Gasteiger partial charge in [-0.05, 0) is 42.7 Å². The zero-order valence-electron chi connectivity index (χ0n) is 15.8. The minimum absolute atomic E-state index is 0.0223. The molecule has 29 heavy (non-hydrogen) atoms. The van der Waals surface area contributed by atoms with E-state index in [9.17, 15) is 19.8 Å². The van der Waals surface area contributed by atoms with Gasteiger partial charge in [0.1, 0.15) is 0 Å². The Morgan fingerprint density at radius 2 is 2.14 bits per heavy atom. The van der Waals surface area contributed by atoms with Crippen molar-refractivity contribution >= 4 is 11.7 Å². The number of benzene rings is 1. The number of amides is 1. The molecule has 2 aromatic rings. The van der Waals surface area contributed by atoms with Gasteiger partial charge >= 0.3 is 0 Å². The fourth-order valence-corrected chi connectivity index (χ4v) is 3.83. The number of ketones is 1. The van der Waals surface area contributed by atoms with E-state index in [1.165, 1.54) is 30.4 Å². The summed E-state index contributed by atoms with van der Waals surface area (Å²) in [5.41, 5.74) is 0.445. The summed E-state index contributed by atoms with van der Waals surface area (Å²) in [6.45, 7) is 0.841. The van der Waals surface area contributed by atoms with Crippen LogP contribution in [0.1, 0.15) is 35.0 Å². The Kier molecular flexibility index (Phi) is 5.02. The zero-order chi connectivity index (χ0) is 20.5. The van der Waals surface area contributed by atoms with Crippen LogP contribution in [0.2, 0.25) is 0 Å². The molecule has 4 rings (SSSR count). The highest BCUT2D eigenvalue weighted by Gasteiger charge is 2.45. The lowest BCUT2D eigenvalue weighted by Gasteiger charge is -2.29. The van der Waals surface area contributed by atoms with E-state index in [1.807, 2.05) is 0 Å². The van der Waals surface area contributed by atoms with Crippen LogP contribution >= 0.6 is 0 Å². The number of Topliss-reactive ketones (excluding diaryl/α,β-unsaturated/α-hetero) is 1. The standard InChI is InChI=1S/C21H21NO7/c1-27-16-10-12(6-7-14(16)23)18-17(19(24)15-5-3-9-29-15)20(25)21(26)22(18)11-13-4-2-8-28-13/h3,5-7,9-10,13,18,23,25H,2,4,8,11H2,1H3/t13-,18-/m1/s1. The van der Waals surface area contributed by atoms with Gasteiger partial charge in [0, 0.05) is 13.2 Å². The topological polar surface area (TPSA) is 109 Å². The summed E-state index contributed by atoms with van der Waals surface area (Å²) in [7, 11) is 1.41. The molecule has 1 fully saturated rings. The number of ether oxygens (including phenoxy) is 2. The molecule has 0 spiro atoms. The third kappa shape index (κ3) is 3.36. The van der Waals surface area contributed by atoms with Crippen LogP contribution in [0.4, 0.5) is 0 Å². The molecule has 2 aliphatic heterocycles. The number of aliphatic hydroxyl groups excluding tert-OH is 1. The monoisotopic (exact) mass is 399 g/mol. The van der Waals surface area contributed by atoms with Crippen molar-refractivity contribution in [3.05, 3.63) is 59.3 Å². The van der Waals surface area contributed by atoms with Gasteiger partial charge in [0.2, 0.25) is 5.78 Å². The number of hydrogen-bond acceptors (Lipinski definition) is 7. The Labute approximate surface area is 166 Å². The molecule has 2 N–H and O–H groups in total. The van der Waals surface area contributed by atoms with Crippen molar-refractivity contribution < 1.29 is 33.7 Å². The fraction of sp³-hybridized carbons (Fsp3) is 0.333. The van der Waals surface area contributed by atoms with Crippen molar-refractivity contribution in [2.75, 3.05) is 20.3 Å². The Balaban J connectivity index is 1.78. The smallest absolute Gasteiger partial charge is 0.290 e. The molecule has 0 radical (unpaired) electrons. The first-order valence-electron chi connectivity index (χ1n) is 9.32. The van der Waals surface area contributed by atoms with Crippen molar-refractivity contribution in [3.63, 3.8) is 0 Å². The van der Waals surface area contributed by atoms with E-state index in [0.29, 0.717) is 12.2 Å². The van der Waals surface area contributed by atoms with Crippen LogP contribution in [-0.4, -0.2) is 53.2 Å². The van der Waals surface area contributed by atoms with Crippen LogP contribution in [0.25, 0.3) is 0 Å². The quantitative estimate of drug-likeness (QED) is 0.719. The highest BCUT2D eigenvalue weighted by Crippen LogP contribution is 2.42. The molecule has 0 saturated carbocycles. The summed E-state index contributed by atoms with van der Waals surface area (Å²) in [6, 6.07) is 6.73. The van der Waals surface area contributed by atoms with Crippen LogP contribution in [0.15, 0.2) is 52.3 Å². The first kappa shape index (κ1) is 19.1. The van der Waals surface area contributed by atoms with Crippen molar-refractivity contribution in [2.45, 2.75) is 25.0 Å². The largest absolute Gasteiger partial charge is 0.504 e. The van der Waals surface area contributed by atoms with Gasteiger partial charge in [-0.15, -0.1) is 0 Å². The Hall–Kier alpha value is -3.26. The van der Waals surface area contributed by atoms with E-state index < -0.39 is 23.5 Å². The van der Waals surface area contributed by atoms with Gasteiger partial charge < -0.3 is 29.0 Å². The van der Waals surface area contributed by atoms with E-state index in [2.05, 4.69) is 0 Å². The maximum Gasteiger partial charge on any atom is 0.290 e. The molecular weight excluding hydrogens is 378 g/mol. The van der Waals surface area contributed by atoms with Crippen LogP contribution in [-0.2, 0) is 9.53 Å². The molecule has 8 nitrogen and oxygen atoms in total. The van der Waals surface area contributed by atoms with Gasteiger partial charge in [0.15, 0.2) is 23.0 Å². The lowest BCUT2D eigenvalue weighted by Crippen LogP contribution is -2.37. The van der Waals surface area contributed by atoms with E-state index >= 15 is 0 Å². The molecule has 0 unspecified atom stereocenters. The molecular formula is C21H21NO7. The number of hydrogen-bond donors (Lipinski definition) is 2. The third-order valence-electron chi connectivity index (χ3n) is 5.24. The van der Waals surface area contributed by atoms with Crippen molar-refractivity contribution in [3.8, 4) is 11.5 Å². The number of methoxy groups -OCH3 is 1. The predicted molar refractivity (Wildman–Crippen MR) is 101 cm³/mol. The number of aromatic hydroxyl groups is 1. The summed E-state index contributed by atoms with van der Waals surface area (Å²) >= 11 is 0. The molecule has 1 amide bonds. The normalized spacial score (nSPS) is 21.8. The Morgan fingerprint density at radius 3 is 2.79 bits per heavy atom. The number of nitrogens with zero attached hydrogens (tertiary/aromatic N) is 1. The molecule has 0 bridgehead atoms. The SMILES string of the molecule is COc1cc([C@@H]2C(C(=O)c3ccco3)=C(O)C(=O)N2C[C@H]2CCCO2)ccc1O. The minimum atomic E-state index is -0.862. The molecule has 1 aromatic heterocycles. The van der Waals surface area contributed by atoms with Crippen molar-refractivity contribution in [1.29, 1.82) is 0 Å². The number of carbonyl (C=O) groups excluding carboxylic acids is 2. The van der Waals surface area contributed by atoms with Crippen LogP contribution in [0.5, 0.6) is 11.5 Å². The molecule has 1 saturated heterocycles. The second-order valence-corrected chi connectivity index (χ2v) is 7.00. The molecule has 3 heterocycles. The Morgan fingerprint density at radius 1 is 1.31 bits per heavy atom. The first-order valence-corrected chi connectivity index (χ1v) is 9.32. The van der Waals surface area contributed by atoms with E-state index in [-0.39, 0.29) is 35.5 Å². The van der Waals surface area contributed by atoms with Crippen molar-refractivity contribution in [1.82, 2.24) is 4.90 Å². The van der Waals surface area contributed by atoms with Gasteiger partial charge in [-0.1, -0.05) is 6.07 Å². The number of furan rings is 1. The van der Waals surface area contributed by atoms with E-state index in [4.69, 9.17) is 13.9 Å². The second-order valence-electron chi connectivity index (χ2n) is 7.00. The maximum atomic E-state index is 13.0. The van der Waals surface area contributed by atoms with E-state index in [0.717, 1.165) is 12.8 Å². The number of aliphatic hydroxyl groups is 1. The third-order valence-corrected chi connectivity index (χ3v) is 5.24. The first-order chi connectivity index (χ1) is 14.0. The number of phenolic OH excluding ortho intramolecular Hbond substituents is 1. The average Bonchev–Trinajstić information content (AvgIpc) is 3.47. The van der Waals surface area contributed by atoms with Crippen LogP contribution in [0, 0.1) is 0 Å². The Bertz CT molecular complexity index is 957. The van der Waals surface area contributed by atoms with Crippen molar-refractivity contribution in [2.24, 2.45) is 0 Å². The lowest BCUT2D eigenvalue weighted by atomic mass is 9.94. The van der Waals surface area contributed by atoms with Gasteiger partial charge in [-0.3, -0.25) is 9.59 Å². The summed E-state index contributed by atoms with van der Waals surface area (Å²) < 4.78 is 16.0. The molecule has 8 heteroatoms. The number of carbonyl (C=O) groups is 2. The van der Waals surface area contributed by atoms with Gasteiger partial charge in [-0.25, -0.2) is 0 Å². The summed E-state index contributed by atoms with van der Waals surface area (Å²) in [5, 5.41) is 20.5. The van der Waals surface area contributed by atoms with Crippen LogP contribution in [0.3, 0.4) is 0 Å². The predicted octanol–water partition coefficient (Wildman–Crippen LogP) is 2.75. The van der Waals surface area contributed by atoms with E-state index in [1.54, 1.807) is 18.2 Å². The van der Waals surface area contributed by atoms with Gasteiger partial charge in [0.05, 0.1) is 31.1 Å². The average molecular weight is 399 g/mol. The minimum Gasteiger partial charge on any atom is -0.504 e. The zero-order valence-corrected chi connectivity index (χ0v) is 15.8. The highest BCUT2D eigenvalue weighted by molar-refractivity contribution is 6.15. The molecule has 1 aromatic carbocycles. The number of phenols is 1. The molecule has 2 aliphatic rings. The lowest BCUT2D eigenvalue weighted by molar-refractivity contribution is -0.131. The van der Waals surface area contributed by atoms with Crippen LogP contribution < -0.4 is 4.74 Å². The summed E-state index contributed by atoms with van der Waals surface area (Å²) in [5.74, 6) is -1.68. The maximum absolute atomic E-state index is 13.0. The summed E-state index contributed by atoms with van der Waals surface area (Å²) in [6.07, 6.45) is 2.86. The fourth-order valence-electron chi connectivity index (χ4n) is 3.83. The second kappa shape index (κ2) is 7.63. The summed E-state index contributed by atoms with van der Waals surface area (Å²) in [4.78, 5) is 27.4. The van der Waals surface area contributed by atoms with Gasteiger partial charge in [0.25, 0.3) is 5.91 Å². The highest BCUT2D eigenvalue weighted by atomic mass is 16.5.